The molecule has 0 atom stereocenters. The molecule has 3 heteroatoms. The van der Waals surface area contributed by atoms with Gasteiger partial charge >= 0.3 is 0 Å². The predicted octanol–water partition coefficient (Wildman–Crippen LogP) is 3.86. The van der Waals surface area contributed by atoms with Gasteiger partial charge in [0, 0.05) is 11.3 Å². The van der Waals surface area contributed by atoms with Gasteiger partial charge in [-0.15, -0.1) is 0 Å². The van der Waals surface area contributed by atoms with Gasteiger partial charge in [-0.3, -0.25) is 4.79 Å². The molecule has 0 spiro atoms. The Morgan fingerprint density at radius 2 is 1.71 bits per heavy atom. The van der Waals surface area contributed by atoms with E-state index < -0.39 is 0 Å². The first-order chi connectivity index (χ1) is 10.1. The molecule has 4 aliphatic rings. The van der Waals surface area contributed by atoms with Gasteiger partial charge < -0.3 is 10.4 Å². The van der Waals surface area contributed by atoms with Crippen LogP contribution in [0.2, 0.25) is 0 Å². The van der Waals surface area contributed by atoms with Crippen LogP contribution in [0.3, 0.4) is 0 Å². The Morgan fingerprint density at radius 3 is 2.29 bits per heavy atom. The second-order valence-electron chi connectivity index (χ2n) is 7.60. The summed E-state index contributed by atoms with van der Waals surface area (Å²) in [6.45, 7) is 1.85. The van der Waals surface area contributed by atoms with E-state index in [4.69, 9.17) is 0 Å². The van der Waals surface area contributed by atoms with E-state index in [0.29, 0.717) is 0 Å². The van der Waals surface area contributed by atoms with Crippen LogP contribution in [0.25, 0.3) is 0 Å². The highest BCUT2D eigenvalue weighted by molar-refractivity contribution is 5.96. The van der Waals surface area contributed by atoms with Crippen molar-refractivity contribution in [3.63, 3.8) is 0 Å². The number of rotatable bonds is 2. The summed E-state index contributed by atoms with van der Waals surface area (Å²) in [4.78, 5) is 12.9. The first-order valence-electron chi connectivity index (χ1n) is 8.16. The first kappa shape index (κ1) is 13.2. The number of hydrogen-bond donors (Lipinski definition) is 2. The van der Waals surface area contributed by atoms with E-state index in [1.54, 1.807) is 12.1 Å². The van der Waals surface area contributed by atoms with Gasteiger partial charge in [0.1, 0.15) is 5.75 Å². The Labute approximate surface area is 125 Å². The number of anilines is 1. The zero-order chi connectivity index (χ0) is 14.6. The van der Waals surface area contributed by atoms with Crippen LogP contribution in [0.15, 0.2) is 18.2 Å². The van der Waals surface area contributed by atoms with E-state index in [1.807, 2.05) is 13.0 Å². The normalized spacial score (nSPS) is 36.7. The molecule has 2 N–H and O–H groups in total. The van der Waals surface area contributed by atoms with Gasteiger partial charge in [-0.05, 0) is 75.3 Å². The second-order valence-corrected chi connectivity index (χ2v) is 7.60. The SMILES string of the molecule is Cc1c(O)cccc1NC(=O)C12CC3CC(CC(C3)C1)C2. The molecule has 5 rings (SSSR count). The maximum Gasteiger partial charge on any atom is 0.230 e. The first-order valence-corrected chi connectivity index (χ1v) is 8.16. The molecule has 4 bridgehead atoms. The Kier molecular flexibility index (Phi) is 2.82. The number of carbonyl (C=O) groups is 1. The third-order valence-corrected chi connectivity index (χ3v) is 6.07. The number of phenols is 1. The van der Waals surface area contributed by atoms with Crippen LogP contribution in [-0.2, 0) is 4.79 Å². The summed E-state index contributed by atoms with van der Waals surface area (Å²) in [5, 5.41) is 12.9. The molecule has 4 saturated carbocycles. The van der Waals surface area contributed by atoms with Crippen molar-refractivity contribution in [1.82, 2.24) is 0 Å². The Bertz CT molecular complexity index is 558. The summed E-state index contributed by atoms with van der Waals surface area (Å²) in [5.41, 5.74) is 1.39. The van der Waals surface area contributed by atoms with Gasteiger partial charge in [-0.1, -0.05) is 6.07 Å². The van der Waals surface area contributed by atoms with Gasteiger partial charge in [0.05, 0.1) is 5.41 Å². The zero-order valence-electron chi connectivity index (χ0n) is 12.6. The van der Waals surface area contributed by atoms with E-state index in [2.05, 4.69) is 5.32 Å². The monoisotopic (exact) mass is 285 g/mol. The number of nitrogens with one attached hydrogen (secondary N) is 1. The molecule has 0 saturated heterocycles. The highest BCUT2D eigenvalue weighted by atomic mass is 16.3. The van der Waals surface area contributed by atoms with Gasteiger partial charge in [-0.2, -0.15) is 0 Å². The summed E-state index contributed by atoms with van der Waals surface area (Å²) >= 11 is 0. The van der Waals surface area contributed by atoms with Gasteiger partial charge in [-0.25, -0.2) is 0 Å². The Morgan fingerprint density at radius 1 is 1.14 bits per heavy atom. The smallest absolute Gasteiger partial charge is 0.230 e. The number of hydrogen-bond acceptors (Lipinski definition) is 2. The van der Waals surface area contributed by atoms with E-state index in [0.717, 1.165) is 48.3 Å². The van der Waals surface area contributed by atoms with Crippen molar-refractivity contribution in [2.45, 2.75) is 45.4 Å². The highest BCUT2D eigenvalue weighted by Crippen LogP contribution is 2.60. The largest absolute Gasteiger partial charge is 0.508 e. The van der Waals surface area contributed by atoms with Crippen LogP contribution in [0.5, 0.6) is 5.75 Å². The second kappa shape index (κ2) is 4.49. The van der Waals surface area contributed by atoms with Gasteiger partial charge in [0.25, 0.3) is 0 Å². The lowest BCUT2D eigenvalue weighted by Crippen LogP contribution is -2.51. The molecule has 1 amide bonds. The fourth-order valence-electron chi connectivity index (χ4n) is 5.40. The molecule has 21 heavy (non-hydrogen) atoms. The van der Waals surface area contributed by atoms with Crippen molar-refractivity contribution in [1.29, 1.82) is 0 Å². The predicted molar refractivity (Wildman–Crippen MR) is 82.1 cm³/mol. The van der Waals surface area contributed by atoms with E-state index in [9.17, 15) is 9.90 Å². The minimum absolute atomic E-state index is 0.132. The average molecular weight is 285 g/mol. The number of amides is 1. The number of carbonyl (C=O) groups excluding carboxylic acids is 1. The fourth-order valence-corrected chi connectivity index (χ4v) is 5.40. The lowest BCUT2D eigenvalue weighted by molar-refractivity contribution is -0.140. The summed E-state index contributed by atoms with van der Waals surface area (Å²) in [5.74, 6) is 2.75. The van der Waals surface area contributed by atoms with Crippen LogP contribution in [0, 0.1) is 30.1 Å². The molecule has 0 aliphatic heterocycles. The van der Waals surface area contributed by atoms with Gasteiger partial charge in [0.15, 0.2) is 0 Å². The van der Waals surface area contributed by atoms with Crippen molar-refractivity contribution < 1.29 is 9.90 Å². The molecule has 3 nitrogen and oxygen atoms in total. The molecule has 4 aliphatic carbocycles. The third kappa shape index (κ3) is 2.05. The summed E-state index contributed by atoms with van der Waals surface area (Å²) in [6.07, 6.45) is 7.25. The number of phenolic OH excluding ortho intramolecular Hbond substituents is 1. The van der Waals surface area contributed by atoms with Crippen molar-refractivity contribution in [2.24, 2.45) is 23.2 Å². The minimum Gasteiger partial charge on any atom is -0.508 e. The average Bonchev–Trinajstić information content (AvgIpc) is 2.42. The lowest BCUT2D eigenvalue weighted by atomic mass is 9.49. The molecule has 1 aromatic carbocycles. The molecule has 0 heterocycles. The number of aromatic hydroxyl groups is 1. The summed E-state index contributed by atoms with van der Waals surface area (Å²) in [6, 6.07) is 5.33. The Balaban J connectivity index is 1.59. The maximum absolute atomic E-state index is 12.9. The molecule has 0 aromatic heterocycles. The van der Waals surface area contributed by atoms with Crippen LogP contribution in [0.1, 0.15) is 44.1 Å². The standard InChI is InChI=1S/C18H23NO2/c1-11-15(3-2-4-16(11)20)19-17(21)18-8-12-5-13(9-18)7-14(6-12)10-18/h2-4,12-14,20H,5-10H2,1H3,(H,19,21). The molecule has 1 aromatic rings. The van der Waals surface area contributed by atoms with Crippen molar-refractivity contribution in [3.8, 4) is 5.75 Å². The molecule has 0 unspecified atom stereocenters. The van der Waals surface area contributed by atoms with Crippen LogP contribution < -0.4 is 5.32 Å². The van der Waals surface area contributed by atoms with E-state index >= 15 is 0 Å². The van der Waals surface area contributed by atoms with E-state index in [-0.39, 0.29) is 17.1 Å². The van der Waals surface area contributed by atoms with Crippen molar-refractivity contribution >= 4 is 11.6 Å². The molecule has 4 fully saturated rings. The molecular formula is C18H23NO2. The Hall–Kier alpha value is -1.51. The summed E-state index contributed by atoms with van der Waals surface area (Å²) < 4.78 is 0. The topological polar surface area (TPSA) is 49.3 Å². The lowest BCUT2D eigenvalue weighted by Gasteiger charge is -2.55. The highest BCUT2D eigenvalue weighted by Gasteiger charge is 2.54. The van der Waals surface area contributed by atoms with Crippen molar-refractivity contribution in [3.05, 3.63) is 23.8 Å². The fraction of sp³-hybridized carbons (Fsp3) is 0.611. The van der Waals surface area contributed by atoms with Crippen LogP contribution in [-0.4, -0.2) is 11.0 Å². The maximum atomic E-state index is 12.9. The van der Waals surface area contributed by atoms with Crippen LogP contribution in [0.4, 0.5) is 5.69 Å². The third-order valence-electron chi connectivity index (χ3n) is 6.07. The minimum atomic E-state index is -0.132. The van der Waals surface area contributed by atoms with Gasteiger partial charge in [0.2, 0.25) is 5.91 Å². The zero-order valence-corrected chi connectivity index (χ0v) is 12.6. The molecule has 0 radical (unpaired) electrons. The molecular weight excluding hydrogens is 262 g/mol. The van der Waals surface area contributed by atoms with Crippen molar-refractivity contribution in [2.75, 3.05) is 5.32 Å². The summed E-state index contributed by atoms with van der Waals surface area (Å²) in [7, 11) is 0. The quantitative estimate of drug-likeness (QED) is 0.867. The van der Waals surface area contributed by atoms with Crippen LogP contribution >= 0.6 is 0 Å². The van der Waals surface area contributed by atoms with E-state index in [1.165, 1.54) is 19.3 Å². The number of benzene rings is 1. The molecule has 112 valence electrons.